The van der Waals surface area contributed by atoms with Crippen LogP contribution in [0.15, 0.2) is 22.8 Å². The van der Waals surface area contributed by atoms with Gasteiger partial charge in [-0.05, 0) is 53.4 Å². The van der Waals surface area contributed by atoms with Crippen LogP contribution in [0.3, 0.4) is 0 Å². The Morgan fingerprint density at radius 3 is 2.94 bits per heavy atom. The van der Waals surface area contributed by atoms with Gasteiger partial charge in [0.15, 0.2) is 0 Å². The first-order valence-electron chi connectivity index (χ1n) is 5.82. The Morgan fingerprint density at radius 1 is 1.50 bits per heavy atom. The van der Waals surface area contributed by atoms with E-state index in [0.29, 0.717) is 5.92 Å². The van der Waals surface area contributed by atoms with Crippen molar-refractivity contribution in [3.05, 3.63) is 22.8 Å². The fourth-order valence-electron chi connectivity index (χ4n) is 1.75. The summed E-state index contributed by atoms with van der Waals surface area (Å²) in [6, 6.07) is 3.91. The summed E-state index contributed by atoms with van der Waals surface area (Å²) in [5.41, 5.74) is 5.61. The average molecular weight is 286 g/mol. The summed E-state index contributed by atoms with van der Waals surface area (Å²) in [5.74, 6) is 1.56. The number of pyridine rings is 1. The van der Waals surface area contributed by atoms with Crippen LogP contribution in [-0.2, 0) is 0 Å². The Labute approximate surface area is 106 Å². The molecule has 1 atom stereocenters. The van der Waals surface area contributed by atoms with Crippen LogP contribution in [0, 0.1) is 5.92 Å². The maximum atomic E-state index is 5.61. The Morgan fingerprint density at radius 2 is 2.31 bits per heavy atom. The van der Waals surface area contributed by atoms with E-state index in [4.69, 9.17) is 5.73 Å². The molecule has 0 aliphatic carbocycles. The van der Waals surface area contributed by atoms with Gasteiger partial charge in [-0.2, -0.15) is 0 Å². The van der Waals surface area contributed by atoms with E-state index >= 15 is 0 Å². The fraction of sp³-hybridized carbons (Fsp3) is 0.583. The normalized spacial score (nSPS) is 12.4. The summed E-state index contributed by atoms with van der Waals surface area (Å²) in [6.45, 7) is 3.91. The van der Waals surface area contributed by atoms with Gasteiger partial charge in [-0.15, -0.1) is 0 Å². The quantitative estimate of drug-likeness (QED) is 0.810. The van der Waals surface area contributed by atoms with Crippen molar-refractivity contribution in [1.29, 1.82) is 0 Å². The van der Waals surface area contributed by atoms with Gasteiger partial charge in [-0.25, -0.2) is 4.98 Å². The lowest BCUT2D eigenvalue weighted by Crippen LogP contribution is -2.18. The van der Waals surface area contributed by atoms with Gasteiger partial charge in [0.25, 0.3) is 0 Å². The van der Waals surface area contributed by atoms with E-state index in [2.05, 4.69) is 33.2 Å². The molecule has 3 N–H and O–H groups in total. The molecule has 1 aromatic heterocycles. The second-order valence-electron chi connectivity index (χ2n) is 3.95. The predicted molar refractivity (Wildman–Crippen MR) is 72.5 cm³/mol. The largest absolute Gasteiger partial charge is 0.369 e. The van der Waals surface area contributed by atoms with Gasteiger partial charge >= 0.3 is 0 Å². The summed E-state index contributed by atoms with van der Waals surface area (Å²) in [6.07, 6.45) is 5.29. The molecule has 0 bridgehead atoms. The van der Waals surface area contributed by atoms with Gasteiger partial charge < -0.3 is 11.1 Å². The SMILES string of the molecule is CCCC(CCN)CNc1ncccc1Br. The van der Waals surface area contributed by atoms with Crippen molar-refractivity contribution < 1.29 is 0 Å². The van der Waals surface area contributed by atoms with Crippen molar-refractivity contribution in [2.24, 2.45) is 11.7 Å². The number of rotatable bonds is 7. The van der Waals surface area contributed by atoms with E-state index in [9.17, 15) is 0 Å². The maximum Gasteiger partial charge on any atom is 0.140 e. The Balaban J connectivity index is 2.45. The molecule has 90 valence electrons. The maximum absolute atomic E-state index is 5.61. The van der Waals surface area contributed by atoms with E-state index in [0.717, 1.165) is 29.8 Å². The Kier molecular flexibility index (Phi) is 6.42. The zero-order valence-corrected chi connectivity index (χ0v) is 11.3. The number of aromatic nitrogens is 1. The molecule has 0 aliphatic heterocycles. The highest BCUT2D eigenvalue weighted by atomic mass is 79.9. The molecule has 0 spiro atoms. The second-order valence-corrected chi connectivity index (χ2v) is 4.80. The molecular formula is C12H20BrN3. The molecule has 4 heteroatoms. The zero-order valence-electron chi connectivity index (χ0n) is 9.75. The van der Waals surface area contributed by atoms with E-state index < -0.39 is 0 Å². The zero-order chi connectivity index (χ0) is 11.8. The molecule has 1 aromatic rings. The highest BCUT2D eigenvalue weighted by Crippen LogP contribution is 2.19. The number of halogens is 1. The van der Waals surface area contributed by atoms with Crippen molar-refractivity contribution >= 4 is 21.7 Å². The van der Waals surface area contributed by atoms with Crippen LogP contribution < -0.4 is 11.1 Å². The lowest BCUT2D eigenvalue weighted by atomic mass is 10.00. The van der Waals surface area contributed by atoms with Crippen LogP contribution in [0.4, 0.5) is 5.82 Å². The number of nitrogens with one attached hydrogen (secondary N) is 1. The molecule has 3 nitrogen and oxygen atoms in total. The molecule has 0 saturated carbocycles. The second kappa shape index (κ2) is 7.63. The monoisotopic (exact) mass is 285 g/mol. The number of nitrogens with two attached hydrogens (primary N) is 1. The fourth-order valence-corrected chi connectivity index (χ4v) is 2.14. The topological polar surface area (TPSA) is 50.9 Å². The Bertz CT molecular complexity index is 298. The molecule has 0 saturated heterocycles. The molecule has 0 aliphatic rings. The van der Waals surface area contributed by atoms with Gasteiger partial charge in [-0.1, -0.05) is 13.3 Å². The first-order valence-corrected chi connectivity index (χ1v) is 6.61. The highest BCUT2D eigenvalue weighted by molar-refractivity contribution is 9.10. The van der Waals surface area contributed by atoms with Gasteiger partial charge in [-0.3, -0.25) is 0 Å². The third kappa shape index (κ3) is 4.49. The van der Waals surface area contributed by atoms with E-state index in [1.165, 1.54) is 12.8 Å². The lowest BCUT2D eigenvalue weighted by Gasteiger charge is -2.16. The van der Waals surface area contributed by atoms with Crippen LogP contribution >= 0.6 is 15.9 Å². The third-order valence-electron chi connectivity index (χ3n) is 2.59. The van der Waals surface area contributed by atoms with Crippen LogP contribution in [0.1, 0.15) is 26.2 Å². The van der Waals surface area contributed by atoms with Gasteiger partial charge in [0.2, 0.25) is 0 Å². The third-order valence-corrected chi connectivity index (χ3v) is 3.23. The van der Waals surface area contributed by atoms with E-state index in [1.54, 1.807) is 6.20 Å². The van der Waals surface area contributed by atoms with Crippen molar-refractivity contribution in [2.45, 2.75) is 26.2 Å². The van der Waals surface area contributed by atoms with Crippen molar-refractivity contribution in [1.82, 2.24) is 4.98 Å². The number of hydrogen-bond donors (Lipinski definition) is 2. The lowest BCUT2D eigenvalue weighted by molar-refractivity contribution is 0.473. The summed E-state index contributed by atoms with van der Waals surface area (Å²) in [7, 11) is 0. The van der Waals surface area contributed by atoms with Crippen molar-refractivity contribution in [3.8, 4) is 0 Å². The van der Waals surface area contributed by atoms with E-state index in [-0.39, 0.29) is 0 Å². The molecule has 0 amide bonds. The number of anilines is 1. The molecular weight excluding hydrogens is 266 g/mol. The first kappa shape index (κ1) is 13.5. The van der Waals surface area contributed by atoms with E-state index in [1.807, 2.05) is 12.1 Å². The molecule has 16 heavy (non-hydrogen) atoms. The Hall–Kier alpha value is -0.610. The standard InChI is InChI=1S/C12H20BrN3/c1-2-4-10(6-7-14)9-16-12-11(13)5-3-8-15-12/h3,5,8,10H,2,4,6-7,9,14H2,1H3,(H,15,16). The molecule has 0 aromatic carbocycles. The highest BCUT2D eigenvalue weighted by Gasteiger charge is 2.07. The molecule has 0 radical (unpaired) electrons. The number of nitrogens with zero attached hydrogens (tertiary/aromatic N) is 1. The number of hydrogen-bond acceptors (Lipinski definition) is 3. The molecule has 1 rings (SSSR count). The van der Waals surface area contributed by atoms with Crippen LogP contribution in [0.25, 0.3) is 0 Å². The van der Waals surface area contributed by atoms with Crippen molar-refractivity contribution in [2.75, 3.05) is 18.4 Å². The smallest absolute Gasteiger partial charge is 0.140 e. The average Bonchev–Trinajstić information content (AvgIpc) is 2.28. The van der Waals surface area contributed by atoms with Gasteiger partial charge in [0.05, 0.1) is 4.47 Å². The minimum atomic E-state index is 0.643. The summed E-state index contributed by atoms with van der Waals surface area (Å²) in [5, 5.41) is 3.37. The minimum Gasteiger partial charge on any atom is -0.369 e. The predicted octanol–water partition coefficient (Wildman–Crippen LogP) is 3.02. The van der Waals surface area contributed by atoms with Crippen LogP contribution in [0.5, 0.6) is 0 Å². The van der Waals surface area contributed by atoms with Crippen LogP contribution in [-0.4, -0.2) is 18.1 Å². The van der Waals surface area contributed by atoms with Crippen molar-refractivity contribution in [3.63, 3.8) is 0 Å². The molecule has 0 fully saturated rings. The van der Waals surface area contributed by atoms with Gasteiger partial charge in [0, 0.05) is 12.7 Å². The van der Waals surface area contributed by atoms with Gasteiger partial charge in [0.1, 0.15) is 5.82 Å². The summed E-state index contributed by atoms with van der Waals surface area (Å²) < 4.78 is 1.01. The molecule has 1 heterocycles. The van der Waals surface area contributed by atoms with Crippen LogP contribution in [0.2, 0.25) is 0 Å². The summed E-state index contributed by atoms with van der Waals surface area (Å²) in [4.78, 5) is 4.28. The molecule has 1 unspecified atom stereocenters. The summed E-state index contributed by atoms with van der Waals surface area (Å²) >= 11 is 3.47. The first-order chi connectivity index (χ1) is 7.77. The minimum absolute atomic E-state index is 0.643.